The van der Waals surface area contributed by atoms with Crippen LogP contribution in [0.4, 0.5) is 5.69 Å². The molecule has 19 heavy (non-hydrogen) atoms. The van der Waals surface area contributed by atoms with Crippen LogP contribution < -0.4 is 4.74 Å². The van der Waals surface area contributed by atoms with Crippen LogP contribution in [-0.4, -0.2) is 38.2 Å². The maximum absolute atomic E-state index is 10.8. The minimum Gasteiger partial charge on any atom is -0.504 e. The third-order valence-corrected chi connectivity index (χ3v) is 2.26. The molecule has 9 heteroatoms. The molecule has 0 spiro atoms. The van der Waals surface area contributed by atoms with Crippen LogP contribution in [0.25, 0.3) is 0 Å². The smallest absolute Gasteiger partial charge is 0.274 e. The number of non-ortho nitro benzene ring substituents is 1. The molecule has 1 heterocycles. The van der Waals surface area contributed by atoms with Gasteiger partial charge in [-0.2, -0.15) is 5.10 Å². The third-order valence-electron chi connectivity index (χ3n) is 2.26. The topological polar surface area (TPSA) is 116 Å². The van der Waals surface area contributed by atoms with E-state index in [9.17, 15) is 15.2 Å². The summed E-state index contributed by atoms with van der Waals surface area (Å²) in [4.78, 5) is 10.2. The molecule has 0 unspecified atom stereocenters. The second-order valence-corrected chi connectivity index (χ2v) is 3.43. The van der Waals surface area contributed by atoms with Crippen molar-refractivity contribution in [2.24, 2.45) is 5.10 Å². The third kappa shape index (κ3) is 2.65. The van der Waals surface area contributed by atoms with Crippen LogP contribution in [0, 0.1) is 10.1 Å². The highest BCUT2D eigenvalue weighted by Gasteiger charge is 2.15. The van der Waals surface area contributed by atoms with Gasteiger partial charge in [0.15, 0.2) is 11.5 Å². The van der Waals surface area contributed by atoms with E-state index in [1.807, 2.05) is 0 Å². The number of methoxy groups -OCH3 is 1. The number of phenols is 1. The summed E-state index contributed by atoms with van der Waals surface area (Å²) in [6.45, 7) is 0. The molecule has 0 aliphatic rings. The summed E-state index contributed by atoms with van der Waals surface area (Å²) in [5.74, 6) is -0.232. The van der Waals surface area contributed by atoms with Gasteiger partial charge >= 0.3 is 0 Å². The molecular weight excluding hydrogens is 254 g/mol. The first-order valence-electron chi connectivity index (χ1n) is 5.06. The summed E-state index contributed by atoms with van der Waals surface area (Å²) in [5.41, 5.74) is -0.0559. The van der Waals surface area contributed by atoms with Gasteiger partial charge in [0.25, 0.3) is 5.69 Å². The second-order valence-electron chi connectivity index (χ2n) is 3.43. The van der Waals surface area contributed by atoms with E-state index in [-0.39, 0.29) is 22.7 Å². The fourth-order valence-electron chi connectivity index (χ4n) is 1.36. The number of aromatic hydroxyl groups is 1. The van der Waals surface area contributed by atoms with Crippen molar-refractivity contribution in [2.75, 3.05) is 7.11 Å². The molecule has 0 atom stereocenters. The first-order chi connectivity index (χ1) is 9.11. The minimum absolute atomic E-state index is 0.000550. The average Bonchev–Trinajstić information content (AvgIpc) is 2.90. The first-order valence-corrected chi connectivity index (χ1v) is 5.06. The lowest BCUT2D eigenvalue weighted by Crippen LogP contribution is -1.95. The average molecular weight is 263 g/mol. The number of benzene rings is 1. The number of rotatable bonds is 4. The highest BCUT2D eigenvalue weighted by atomic mass is 16.6. The van der Waals surface area contributed by atoms with Crippen molar-refractivity contribution in [1.29, 1.82) is 0 Å². The van der Waals surface area contributed by atoms with Crippen molar-refractivity contribution in [1.82, 2.24) is 14.9 Å². The van der Waals surface area contributed by atoms with Crippen molar-refractivity contribution in [3.8, 4) is 11.5 Å². The second kappa shape index (κ2) is 5.12. The molecule has 98 valence electrons. The Balaban J connectivity index is 2.43. The van der Waals surface area contributed by atoms with E-state index >= 15 is 0 Å². The molecule has 1 aromatic carbocycles. The quantitative estimate of drug-likeness (QED) is 0.495. The van der Waals surface area contributed by atoms with E-state index in [2.05, 4.69) is 15.3 Å². The van der Waals surface area contributed by atoms with Gasteiger partial charge in [-0.05, 0) is 0 Å². The van der Waals surface area contributed by atoms with Crippen LogP contribution in [0.5, 0.6) is 11.5 Å². The summed E-state index contributed by atoms with van der Waals surface area (Å²) in [5, 5.41) is 31.6. The molecule has 0 amide bonds. The number of ether oxygens (including phenoxy) is 1. The molecular formula is C10H9N5O4. The SMILES string of the molecule is COc1cc([N+](=O)[O-])cc(/C=N\n2cnnc2)c1O. The summed E-state index contributed by atoms with van der Waals surface area (Å²) >= 11 is 0. The Morgan fingerprint density at radius 3 is 2.74 bits per heavy atom. The molecule has 0 fully saturated rings. The van der Waals surface area contributed by atoms with Crippen LogP contribution in [0.3, 0.4) is 0 Å². The van der Waals surface area contributed by atoms with Gasteiger partial charge in [-0.25, -0.2) is 4.68 Å². The monoisotopic (exact) mass is 263 g/mol. The van der Waals surface area contributed by atoms with Gasteiger partial charge in [-0.1, -0.05) is 0 Å². The van der Waals surface area contributed by atoms with Crippen LogP contribution >= 0.6 is 0 Å². The number of hydrogen-bond donors (Lipinski definition) is 1. The molecule has 2 aromatic rings. The minimum atomic E-state index is -0.585. The molecule has 0 saturated heterocycles. The first kappa shape index (κ1) is 12.5. The molecule has 9 nitrogen and oxygen atoms in total. The van der Waals surface area contributed by atoms with E-state index in [0.29, 0.717) is 0 Å². The lowest BCUT2D eigenvalue weighted by molar-refractivity contribution is -0.385. The lowest BCUT2D eigenvalue weighted by atomic mass is 10.2. The van der Waals surface area contributed by atoms with Gasteiger partial charge in [0.1, 0.15) is 12.7 Å². The maximum atomic E-state index is 10.8. The zero-order chi connectivity index (χ0) is 13.8. The summed E-state index contributed by atoms with van der Waals surface area (Å²) in [7, 11) is 1.31. The molecule has 1 aromatic heterocycles. The van der Waals surface area contributed by atoms with Gasteiger partial charge in [-0.3, -0.25) is 10.1 Å². The Morgan fingerprint density at radius 2 is 2.16 bits per heavy atom. The lowest BCUT2D eigenvalue weighted by Gasteiger charge is -2.05. The van der Waals surface area contributed by atoms with Gasteiger partial charge in [0, 0.05) is 11.6 Å². The molecule has 1 N–H and O–H groups in total. The number of hydrogen-bond acceptors (Lipinski definition) is 7. The van der Waals surface area contributed by atoms with Crippen LogP contribution in [0.1, 0.15) is 5.56 Å². The maximum Gasteiger partial charge on any atom is 0.274 e. The predicted molar refractivity (Wildman–Crippen MR) is 64.3 cm³/mol. The Morgan fingerprint density at radius 1 is 1.47 bits per heavy atom. The summed E-state index contributed by atoms with van der Waals surface area (Å²) < 4.78 is 6.15. The summed E-state index contributed by atoms with van der Waals surface area (Å²) in [6, 6.07) is 2.32. The van der Waals surface area contributed by atoms with Gasteiger partial charge < -0.3 is 9.84 Å². The molecule has 0 saturated carbocycles. The van der Waals surface area contributed by atoms with Crippen molar-refractivity contribution in [3.05, 3.63) is 40.5 Å². The fourth-order valence-corrected chi connectivity index (χ4v) is 1.36. The van der Waals surface area contributed by atoms with E-state index < -0.39 is 4.92 Å². The van der Waals surface area contributed by atoms with Crippen molar-refractivity contribution in [2.45, 2.75) is 0 Å². The molecule has 0 radical (unpaired) electrons. The van der Waals surface area contributed by atoms with Crippen LogP contribution in [0.15, 0.2) is 29.9 Å². The largest absolute Gasteiger partial charge is 0.504 e. The highest BCUT2D eigenvalue weighted by molar-refractivity contribution is 5.86. The van der Waals surface area contributed by atoms with Crippen LogP contribution in [0.2, 0.25) is 0 Å². The van der Waals surface area contributed by atoms with Crippen LogP contribution in [-0.2, 0) is 0 Å². The molecule has 0 bridgehead atoms. The van der Waals surface area contributed by atoms with Crippen molar-refractivity contribution < 1.29 is 14.8 Å². The Labute approximate surface area is 106 Å². The zero-order valence-corrected chi connectivity index (χ0v) is 9.79. The molecule has 0 aliphatic carbocycles. The van der Waals surface area contributed by atoms with Crippen molar-refractivity contribution in [3.63, 3.8) is 0 Å². The standard InChI is InChI=1S/C10H9N5O4/c1-19-9-3-8(15(17)18)2-7(10(9)16)4-13-14-5-11-12-6-14/h2-6,16H,1H3/b13-4-. The van der Waals surface area contributed by atoms with Crippen molar-refractivity contribution >= 4 is 11.9 Å². The Hall–Kier alpha value is -2.97. The van der Waals surface area contributed by atoms with E-state index in [1.54, 1.807) is 0 Å². The van der Waals surface area contributed by atoms with E-state index in [0.717, 1.165) is 6.07 Å². The van der Waals surface area contributed by atoms with E-state index in [4.69, 9.17) is 4.74 Å². The number of nitrogens with zero attached hydrogens (tertiary/aromatic N) is 5. The predicted octanol–water partition coefficient (Wildman–Crippen LogP) is 0.783. The number of nitro groups is 1. The van der Waals surface area contributed by atoms with Gasteiger partial charge in [0.05, 0.1) is 24.3 Å². The Kier molecular flexibility index (Phi) is 3.37. The van der Waals surface area contributed by atoms with Gasteiger partial charge in [0.2, 0.25) is 0 Å². The zero-order valence-electron chi connectivity index (χ0n) is 9.79. The van der Waals surface area contributed by atoms with Gasteiger partial charge in [-0.15, -0.1) is 10.2 Å². The van der Waals surface area contributed by atoms with E-state index in [1.165, 1.54) is 36.7 Å². The number of phenolic OH excluding ortho intramolecular Hbond substituents is 1. The number of nitro benzene ring substituents is 1. The highest BCUT2D eigenvalue weighted by Crippen LogP contribution is 2.33. The molecule has 0 aliphatic heterocycles. The fraction of sp³-hybridized carbons (Fsp3) is 0.100. The normalized spacial score (nSPS) is 10.8. The Bertz CT molecular complexity index is 623. The number of aromatic nitrogens is 3. The summed E-state index contributed by atoms with van der Waals surface area (Å²) in [6.07, 6.45) is 3.92. The molecule has 2 rings (SSSR count).